The fourth-order valence-electron chi connectivity index (χ4n) is 2.69. The minimum Gasteiger partial charge on any atom is -0.376 e. The van der Waals surface area contributed by atoms with Crippen molar-refractivity contribution in [2.45, 2.75) is 38.7 Å². The van der Waals surface area contributed by atoms with E-state index in [9.17, 15) is 4.79 Å². The normalized spacial score (nSPS) is 22.9. The number of hydrogen-bond acceptors (Lipinski definition) is 2. The van der Waals surface area contributed by atoms with Crippen LogP contribution < -0.4 is 0 Å². The lowest BCUT2D eigenvalue weighted by Gasteiger charge is -2.32. The van der Waals surface area contributed by atoms with E-state index >= 15 is 0 Å². The number of amides is 1. The number of aryl methyl sites for hydroxylation is 1. The van der Waals surface area contributed by atoms with Gasteiger partial charge >= 0.3 is 0 Å². The molecule has 0 bridgehead atoms. The number of benzene rings is 1. The summed E-state index contributed by atoms with van der Waals surface area (Å²) in [6.45, 7) is 4.53. The summed E-state index contributed by atoms with van der Waals surface area (Å²) >= 11 is 0. The molecule has 2 aliphatic rings. The zero-order valence-corrected chi connectivity index (χ0v) is 12.2. The molecule has 1 heterocycles. The first-order valence-corrected chi connectivity index (χ1v) is 7.70. The Morgan fingerprint density at radius 1 is 1.25 bits per heavy atom. The van der Waals surface area contributed by atoms with Gasteiger partial charge in [-0.2, -0.15) is 0 Å². The second-order valence-corrected chi connectivity index (χ2v) is 6.16. The quantitative estimate of drug-likeness (QED) is 0.844. The molecule has 1 atom stereocenters. The molecule has 1 saturated heterocycles. The van der Waals surface area contributed by atoms with E-state index in [0.717, 1.165) is 44.0 Å². The summed E-state index contributed by atoms with van der Waals surface area (Å²) in [5.41, 5.74) is 1.98. The van der Waals surface area contributed by atoms with Crippen molar-refractivity contribution >= 4 is 5.91 Å². The summed E-state index contributed by atoms with van der Waals surface area (Å²) in [6.07, 6.45) is 5.01. The van der Waals surface area contributed by atoms with Crippen molar-refractivity contribution in [2.24, 2.45) is 5.92 Å². The third-order valence-electron chi connectivity index (χ3n) is 4.23. The Bertz CT molecular complexity index is 464. The van der Waals surface area contributed by atoms with Gasteiger partial charge in [-0.15, -0.1) is 0 Å². The maximum Gasteiger partial charge on any atom is 0.253 e. The standard InChI is InChI=1S/C17H23NO2/c1-13-4-8-15(9-5-13)17(19)18-10-2-3-16(11-18)20-12-14-6-7-14/h4-5,8-9,14,16H,2-3,6-7,10-12H2,1H3. The predicted octanol–water partition coefficient (Wildman–Crippen LogP) is 3.03. The molecule has 0 spiro atoms. The van der Waals surface area contributed by atoms with Crippen LogP contribution in [0.5, 0.6) is 0 Å². The van der Waals surface area contributed by atoms with E-state index in [4.69, 9.17) is 4.74 Å². The minimum absolute atomic E-state index is 0.143. The number of likely N-dealkylation sites (tertiary alicyclic amines) is 1. The van der Waals surface area contributed by atoms with Gasteiger partial charge in [0.1, 0.15) is 0 Å². The van der Waals surface area contributed by atoms with Crippen molar-refractivity contribution in [2.75, 3.05) is 19.7 Å². The molecule has 3 heteroatoms. The predicted molar refractivity (Wildman–Crippen MR) is 78.8 cm³/mol. The van der Waals surface area contributed by atoms with Crippen molar-refractivity contribution in [3.05, 3.63) is 35.4 Å². The first-order valence-electron chi connectivity index (χ1n) is 7.70. The molecule has 1 aromatic carbocycles. The van der Waals surface area contributed by atoms with Crippen LogP contribution in [0.4, 0.5) is 0 Å². The van der Waals surface area contributed by atoms with Crippen LogP contribution in [0.3, 0.4) is 0 Å². The summed E-state index contributed by atoms with van der Waals surface area (Å²) in [5, 5.41) is 0. The minimum atomic E-state index is 0.143. The van der Waals surface area contributed by atoms with Gasteiger partial charge in [-0.05, 0) is 50.7 Å². The van der Waals surface area contributed by atoms with Gasteiger partial charge in [0.05, 0.1) is 6.10 Å². The Morgan fingerprint density at radius 3 is 2.70 bits per heavy atom. The Balaban J connectivity index is 1.57. The van der Waals surface area contributed by atoms with E-state index < -0.39 is 0 Å². The van der Waals surface area contributed by atoms with E-state index in [1.54, 1.807) is 0 Å². The molecular formula is C17H23NO2. The summed E-state index contributed by atoms with van der Waals surface area (Å²) in [7, 11) is 0. The largest absolute Gasteiger partial charge is 0.376 e. The third kappa shape index (κ3) is 3.40. The summed E-state index contributed by atoms with van der Waals surface area (Å²) in [6, 6.07) is 7.84. The van der Waals surface area contributed by atoms with Gasteiger partial charge in [0.25, 0.3) is 5.91 Å². The summed E-state index contributed by atoms with van der Waals surface area (Å²) in [4.78, 5) is 14.4. The van der Waals surface area contributed by atoms with Crippen LogP contribution in [-0.2, 0) is 4.74 Å². The zero-order chi connectivity index (χ0) is 13.9. The highest BCUT2D eigenvalue weighted by atomic mass is 16.5. The molecule has 108 valence electrons. The highest BCUT2D eigenvalue weighted by molar-refractivity contribution is 5.94. The SMILES string of the molecule is Cc1ccc(C(=O)N2CCCC(OCC3CC3)C2)cc1. The van der Waals surface area contributed by atoms with Crippen molar-refractivity contribution < 1.29 is 9.53 Å². The molecule has 1 aliphatic heterocycles. The lowest BCUT2D eigenvalue weighted by atomic mass is 10.1. The molecule has 2 fully saturated rings. The summed E-state index contributed by atoms with van der Waals surface area (Å²) in [5.74, 6) is 0.933. The van der Waals surface area contributed by atoms with Crippen molar-refractivity contribution in [1.29, 1.82) is 0 Å². The molecule has 20 heavy (non-hydrogen) atoms. The van der Waals surface area contributed by atoms with E-state index in [2.05, 4.69) is 0 Å². The van der Waals surface area contributed by atoms with E-state index in [0.29, 0.717) is 0 Å². The van der Waals surface area contributed by atoms with Crippen molar-refractivity contribution in [3.8, 4) is 0 Å². The number of carbonyl (C=O) groups excluding carboxylic acids is 1. The van der Waals surface area contributed by atoms with Gasteiger partial charge in [0.2, 0.25) is 0 Å². The van der Waals surface area contributed by atoms with Gasteiger partial charge in [-0.1, -0.05) is 17.7 Å². The van der Waals surface area contributed by atoms with Gasteiger partial charge in [-0.3, -0.25) is 4.79 Å². The third-order valence-corrected chi connectivity index (χ3v) is 4.23. The maximum atomic E-state index is 12.5. The maximum absolute atomic E-state index is 12.5. The fraction of sp³-hybridized carbons (Fsp3) is 0.588. The zero-order valence-electron chi connectivity index (χ0n) is 12.2. The molecule has 1 saturated carbocycles. The highest BCUT2D eigenvalue weighted by Crippen LogP contribution is 2.30. The lowest BCUT2D eigenvalue weighted by molar-refractivity contribution is -0.00242. The molecule has 0 N–H and O–H groups in total. The monoisotopic (exact) mass is 273 g/mol. The first-order chi connectivity index (χ1) is 9.72. The van der Waals surface area contributed by atoms with Gasteiger partial charge in [-0.25, -0.2) is 0 Å². The smallest absolute Gasteiger partial charge is 0.253 e. The lowest BCUT2D eigenvalue weighted by Crippen LogP contribution is -2.43. The Hall–Kier alpha value is -1.35. The number of rotatable bonds is 4. The molecular weight excluding hydrogens is 250 g/mol. The van der Waals surface area contributed by atoms with Crippen LogP contribution in [-0.4, -0.2) is 36.6 Å². The molecule has 0 radical (unpaired) electrons. The van der Waals surface area contributed by atoms with Crippen molar-refractivity contribution in [3.63, 3.8) is 0 Å². The van der Waals surface area contributed by atoms with Gasteiger partial charge < -0.3 is 9.64 Å². The number of hydrogen-bond donors (Lipinski definition) is 0. The van der Waals surface area contributed by atoms with Crippen LogP contribution in [0, 0.1) is 12.8 Å². The van der Waals surface area contributed by atoms with Crippen LogP contribution in [0.2, 0.25) is 0 Å². The second kappa shape index (κ2) is 5.96. The molecule has 3 rings (SSSR count). The van der Waals surface area contributed by atoms with E-state index in [1.807, 2.05) is 36.1 Å². The Kier molecular flexibility index (Phi) is 4.06. The number of piperidine rings is 1. The molecule has 3 nitrogen and oxygen atoms in total. The van der Waals surface area contributed by atoms with Crippen LogP contribution >= 0.6 is 0 Å². The number of nitrogens with zero attached hydrogens (tertiary/aromatic N) is 1. The molecule has 1 aromatic rings. The topological polar surface area (TPSA) is 29.5 Å². The van der Waals surface area contributed by atoms with Crippen LogP contribution in [0.25, 0.3) is 0 Å². The van der Waals surface area contributed by atoms with Gasteiger partial charge in [0.15, 0.2) is 0 Å². The average molecular weight is 273 g/mol. The molecule has 1 amide bonds. The highest BCUT2D eigenvalue weighted by Gasteiger charge is 2.27. The first kappa shape index (κ1) is 13.6. The van der Waals surface area contributed by atoms with E-state index in [-0.39, 0.29) is 12.0 Å². The molecule has 1 aliphatic carbocycles. The average Bonchev–Trinajstić information content (AvgIpc) is 3.30. The number of carbonyl (C=O) groups is 1. The van der Waals surface area contributed by atoms with Gasteiger partial charge in [0, 0.05) is 25.3 Å². The van der Waals surface area contributed by atoms with E-state index in [1.165, 1.54) is 18.4 Å². The van der Waals surface area contributed by atoms with Crippen molar-refractivity contribution in [1.82, 2.24) is 4.90 Å². The second-order valence-electron chi connectivity index (χ2n) is 6.16. The number of ether oxygens (including phenoxy) is 1. The van der Waals surface area contributed by atoms with Crippen LogP contribution in [0.1, 0.15) is 41.6 Å². The van der Waals surface area contributed by atoms with Crippen LogP contribution in [0.15, 0.2) is 24.3 Å². The Labute approximate surface area is 120 Å². The molecule has 1 unspecified atom stereocenters. The Morgan fingerprint density at radius 2 is 2.00 bits per heavy atom. The summed E-state index contributed by atoms with van der Waals surface area (Å²) < 4.78 is 5.95. The molecule has 0 aromatic heterocycles. The fourth-order valence-corrected chi connectivity index (χ4v) is 2.69.